The molecule has 0 aromatic heterocycles. The van der Waals surface area contributed by atoms with Crippen molar-refractivity contribution in [2.24, 2.45) is 56.7 Å². The average Bonchev–Trinajstić information content (AvgIpc) is 2.81. The number of hydrogen-bond acceptors (Lipinski definition) is 4. The second kappa shape index (κ2) is 7.94. The second-order valence-corrected chi connectivity index (χ2v) is 14.7. The van der Waals surface area contributed by atoms with Crippen LogP contribution in [0.15, 0.2) is 11.6 Å². The molecule has 198 valence electrons. The molecule has 4 nitrogen and oxygen atoms in total. The Labute approximate surface area is 218 Å². The molecule has 0 radical (unpaired) electrons. The van der Waals surface area contributed by atoms with Gasteiger partial charge in [-0.3, -0.25) is 9.59 Å². The molecule has 4 saturated carbocycles. The van der Waals surface area contributed by atoms with Crippen molar-refractivity contribution < 1.29 is 14.3 Å². The van der Waals surface area contributed by atoms with Gasteiger partial charge in [0.25, 0.3) is 0 Å². The van der Waals surface area contributed by atoms with Gasteiger partial charge in [-0.25, -0.2) is 0 Å². The van der Waals surface area contributed by atoms with E-state index < -0.39 is 22.9 Å². The molecule has 3 unspecified atom stereocenters. The third kappa shape index (κ3) is 3.04. The van der Waals surface area contributed by atoms with Crippen LogP contribution in [-0.2, 0) is 14.3 Å². The number of allylic oxidation sites excluding steroid dienone is 2. The van der Waals surface area contributed by atoms with Crippen molar-refractivity contribution in [3.05, 3.63) is 11.6 Å². The molecule has 5 rings (SSSR count). The Bertz CT molecular complexity index is 1060. The third-order valence-electron chi connectivity index (χ3n) is 13.4. The topological polar surface area (TPSA) is 67.2 Å². The van der Waals surface area contributed by atoms with E-state index in [-0.39, 0.29) is 34.9 Å². The van der Waals surface area contributed by atoms with E-state index in [1.54, 1.807) is 5.57 Å². The largest absolute Gasteiger partial charge is 0.460 e. The number of ether oxygens (including phenoxy) is 1. The summed E-state index contributed by atoms with van der Waals surface area (Å²) in [6.07, 6.45) is 10.00. The standard InChI is InChI=1S/C32H47NO3/c1-19-11-13-28(4)15-16-30(6)22(27(28)20(19)2)9-10-24-31(30,7)14-12-23-29(5,18-33)26(36-21(3)34)17-25(35)32(23,24)8/h9,19-20,23-24,26-27H,10-17H2,1-8H3/t19-,20+,23?,24+,26?,27+,28-,29?,30-,31-,32+/m1/s1. The maximum Gasteiger partial charge on any atom is 0.302 e. The summed E-state index contributed by atoms with van der Waals surface area (Å²) < 4.78 is 5.63. The van der Waals surface area contributed by atoms with Gasteiger partial charge in [0.15, 0.2) is 0 Å². The molecule has 0 aromatic carbocycles. The number of nitrogens with zero attached hydrogens (tertiary/aromatic N) is 1. The molecule has 4 heteroatoms. The minimum absolute atomic E-state index is 0.0182. The van der Waals surface area contributed by atoms with Crippen LogP contribution in [0.1, 0.15) is 107 Å². The van der Waals surface area contributed by atoms with Crippen LogP contribution in [0.3, 0.4) is 0 Å². The highest BCUT2D eigenvalue weighted by Gasteiger charge is 2.71. The van der Waals surface area contributed by atoms with Crippen LogP contribution in [0.5, 0.6) is 0 Å². The molecule has 5 aliphatic rings. The monoisotopic (exact) mass is 493 g/mol. The van der Waals surface area contributed by atoms with Crippen molar-refractivity contribution in [2.75, 3.05) is 0 Å². The summed E-state index contributed by atoms with van der Waals surface area (Å²) in [5.41, 5.74) is 0.753. The van der Waals surface area contributed by atoms with Crippen molar-refractivity contribution in [3.8, 4) is 6.07 Å². The van der Waals surface area contributed by atoms with Gasteiger partial charge in [0.05, 0.1) is 11.5 Å². The SMILES string of the molecule is CC(=O)OC1CC(=O)[C@@]2(C)C(CC[C@]3(C)[C@@H]2CC=C2[C@@H]4[C@@H](C)[C@H](C)CC[C@]4(C)CC[C@]23C)C1(C)C#N. The van der Waals surface area contributed by atoms with Gasteiger partial charge in [0.1, 0.15) is 11.9 Å². The minimum Gasteiger partial charge on any atom is -0.460 e. The molecule has 5 aliphatic carbocycles. The Morgan fingerprint density at radius 3 is 2.36 bits per heavy atom. The fourth-order valence-electron chi connectivity index (χ4n) is 10.8. The van der Waals surface area contributed by atoms with Gasteiger partial charge in [-0.15, -0.1) is 0 Å². The summed E-state index contributed by atoms with van der Waals surface area (Å²) in [6, 6.07) is 2.56. The first-order chi connectivity index (χ1) is 16.7. The molecular formula is C32H47NO3. The van der Waals surface area contributed by atoms with Gasteiger partial charge in [0.2, 0.25) is 0 Å². The summed E-state index contributed by atoms with van der Waals surface area (Å²) in [5.74, 6) is 1.96. The first kappa shape index (κ1) is 26.0. The molecule has 0 amide bonds. The molecule has 0 aromatic rings. The van der Waals surface area contributed by atoms with Crippen LogP contribution >= 0.6 is 0 Å². The van der Waals surface area contributed by atoms with E-state index in [0.29, 0.717) is 17.3 Å². The summed E-state index contributed by atoms with van der Waals surface area (Å²) in [7, 11) is 0. The molecule has 4 fully saturated rings. The lowest BCUT2D eigenvalue weighted by Gasteiger charge is -2.70. The summed E-state index contributed by atoms with van der Waals surface area (Å²) in [5, 5.41) is 10.4. The molecule has 0 N–H and O–H groups in total. The van der Waals surface area contributed by atoms with Gasteiger partial charge in [-0.1, -0.05) is 53.2 Å². The number of nitriles is 1. The first-order valence-corrected chi connectivity index (χ1v) is 14.5. The molecule has 0 saturated heterocycles. The molecular weight excluding hydrogens is 446 g/mol. The number of hydrogen-bond donors (Lipinski definition) is 0. The Morgan fingerprint density at radius 1 is 1.03 bits per heavy atom. The lowest BCUT2D eigenvalue weighted by atomic mass is 9.33. The highest BCUT2D eigenvalue weighted by Crippen LogP contribution is 2.75. The summed E-state index contributed by atoms with van der Waals surface area (Å²) >= 11 is 0. The first-order valence-electron chi connectivity index (χ1n) is 14.5. The van der Waals surface area contributed by atoms with Crippen molar-refractivity contribution in [1.82, 2.24) is 0 Å². The Kier molecular flexibility index (Phi) is 5.73. The number of Topliss-reactive ketones (excluding diaryl/α,β-unsaturated/α-hetero) is 1. The molecule has 0 aliphatic heterocycles. The van der Waals surface area contributed by atoms with Crippen molar-refractivity contribution in [1.29, 1.82) is 5.26 Å². The van der Waals surface area contributed by atoms with Gasteiger partial charge < -0.3 is 4.74 Å². The lowest BCUT2D eigenvalue weighted by Crippen LogP contribution is -2.67. The number of fused-ring (bicyclic) bond motifs is 7. The maximum absolute atomic E-state index is 14.1. The van der Waals surface area contributed by atoms with Crippen molar-refractivity contribution >= 4 is 11.8 Å². The zero-order valence-electron chi connectivity index (χ0n) is 23.9. The van der Waals surface area contributed by atoms with E-state index in [4.69, 9.17) is 4.74 Å². The normalized spacial score (nSPS) is 54.1. The van der Waals surface area contributed by atoms with E-state index >= 15 is 0 Å². The van der Waals surface area contributed by atoms with Crippen molar-refractivity contribution in [3.63, 3.8) is 0 Å². The van der Waals surface area contributed by atoms with E-state index in [9.17, 15) is 14.9 Å². The quantitative estimate of drug-likeness (QED) is 0.284. The van der Waals surface area contributed by atoms with Crippen LogP contribution in [0.4, 0.5) is 0 Å². The molecule has 36 heavy (non-hydrogen) atoms. The maximum atomic E-state index is 14.1. The number of carbonyl (C=O) groups excluding carboxylic acids is 2. The van der Waals surface area contributed by atoms with E-state index in [1.807, 2.05) is 6.92 Å². The summed E-state index contributed by atoms with van der Waals surface area (Å²) in [4.78, 5) is 25.9. The highest BCUT2D eigenvalue weighted by molar-refractivity contribution is 5.88. The molecule has 0 spiro atoms. The van der Waals surface area contributed by atoms with E-state index in [1.165, 1.54) is 32.6 Å². The minimum atomic E-state index is -0.848. The third-order valence-corrected chi connectivity index (χ3v) is 13.4. The number of ketones is 1. The van der Waals surface area contributed by atoms with Crippen LogP contribution in [0.2, 0.25) is 0 Å². The predicted molar refractivity (Wildman–Crippen MR) is 141 cm³/mol. The Hall–Kier alpha value is -1.63. The van der Waals surface area contributed by atoms with Gasteiger partial charge in [-0.05, 0) is 97.7 Å². The highest BCUT2D eigenvalue weighted by atomic mass is 16.5. The average molecular weight is 494 g/mol. The fraction of sp³-hybridized carbons (Fsp3) is 0.844. The zero-order chi connectivity index (χ0) is 26.5. The Morgan fingerprint density at radius 2 is 1.72 bits per heavy atom. The predicted octanol–water partition coefficient (Wildman–Crippen LogP) is 7.28. The smallest absolute Gasteiger partial charge is 0.302 e. The zero-order valence-corrected chi connectivity index (χ0v) is 23.9. The summed E-state index contributed by atoms with van der Waals surface area (Å²) in [6.45, 7) is 18.0. The molecule has 0 heterocycles. The number of carbonyl (C=O) groups is 2. The van der Waals surface area contributed by atoms with Crippen molar-refractivity contribution in [2.45, 2.75) is 113 Å². The van der Waals surface area contributed by atoms with Gasteiger partial charge in [0, 0.05) is 18.8 Å². The van der Waals surface area contributed by atoms with Gasteiger partial charge in [-0.2, -0.15) is 5.26 Å². The van der Waals surface area contributed by atoms with Crippen LogP contribution in [0, 0.1) is 68.0 Å². The Balaban J connectivity index is 1.60. The fourth-order valence-corrected chi connectivity index (χ4v) is 10.8. The van der Waals surface area contributed by atoms with E-state index in [2.05, 4.69) is 53.7 Å². The molecule has 11 atom stereocenters. The van der Waals surface area contributed by atoms with Crippen LogP contribution in [-0.4, -0.2) is 17.9 Å². The number of rotatable bonds is 1. The number of esters is 1. The second-order valence-electron chi connectivity index (χ2n) is 14.7. The lowest BCUT2D eigenvalue weighted by molar-refractivity contribution is -0.202. The van der Waals surface area contributed by atoms with E-state index in [0.717, 1.165) is 25.2 Å². The van der Waals surface area contributed by atoms with Crippen LogP contribution < -0.4 is 0 Å². The van der Waals surface area contributed by atoms with Gasteiger partial charge >= 0.3 is 5.97 Å². The van der Waals surface area contributed by atoms with Crippen LogP contribution in [0.25, 0.3) is 0 Å². The molecule has 0 bridgehead atoms.